The highest BCUT2D eigenvalue weighted by Crippen LogP contribution is 2.17. The molecule has 2 amide bonds. The van der Waals surface area contributed by atoms with Crippen molar-refractivity contribution >= 4 is 23.2 Å². The number of carbonyl (C=O) groups excluding carboxylic acids is 2. The molecule has 6 heteroatoms. The van der Waals surface area contributed by atoms with Gasteiger partial charge in [0.1, 0.15) is 0 Å². The smallest absolute Gasteiger partial charge is 0.255 e. The number of ether oxygens (including phenoxy) is 2. The van der Waals surface area contributed by atoms with Gasteiger partial charge in [0, 0.05) is 16.9 Å². The van der Waals surface area contributed by atoms with Gasteiger partial charge in [-0.1, -0.05) is 23.8 Å². The Balaban J connectivity index is 1.64. The second kappa shape index (κ2) is 7.92. The molecule has 0 radical (unpaired) electrons. The second-order valence-corrected chi connectivity index (χ2v) is 5.83. The Kier molecular flexibility index (Phi) is 5.42. The van der Waals surface area contributed by atoms with Gasteiger partial charge in [0.25, 0.3) is 11.8 Å². The number of carbonyl (C=O) groups is 2. The average Bonchev–Trinajstić information content (AvgIpc) is 2.63. The van der Waals surface area contributed by atoms with Crippen LogP contribution in [-0.2, 0) is 14.3 Å². The standard InChI is InChI=1S/C19H20N2O4/c1-13-4-2-5-14(10-13)18(22)20-15-6-3-7-16(11-15)21-19(23)17-12-24-8-9-25-17/h2-7,10-11,17H,8-9,12H2,1H3,(H,20,22)(H,21,23)/t17-/m1/s1. The maximum Gasteiger partial charge on any atom is 0.255 e. The summed E-state index contributed by atoms with van der Waals surface area (Å²) in [5.74, 6) is -0.460. The number of amides is 2. The molecule has 1 atom stereocenters. The monoisotopic (exact) mass is 340 g/mol. The lowest BCUT2D eigenvalue weighted by molar-refractivity contribution is -0.142. The van der Waals surface area contributed by atoms with Crippen LogP contribution in [0.4, 0.5) is 11.4 Å². The molecule has 6 nitrogen and oxygen atoms in total. The minimum Gasteiger partial charge on any atom is -0.376 e. The van der Waals surface area contributed by atoms with Gasteiger partial charge in [-0.25, -0.2) is 0 Å². The van der Waals surface area contributed by atoms with E-state index in [1.807, 2.05) is 25.1 Å². The maximum atomic E-state index is 12.3. The van der Waals surface area contributed by atoms with Crippen molar-refractivity contribution in [3.8, 4) is 0 Å². The number of hydrogen-bond donors (Lipinski definition) is 2. The number of aryl methyl sites for hydroxylation is 1. The van der Waals surface area contributed by atoms with E-state index in [9.17, 15) is 9.59 Å². The zero-order valence-electron chi connectivity index (χ0n) is 14.0. The van der Waals surface area contributed by atoms with Gasteiger partial charge in [-0.2, -0.15) is 0 Å². The molecule has 1 heterocycles. The summed E-state index contributed by atoms with van der Waals surface area (Å²) in [6.45, 7) is 3.09. The number of anilines is 2. The Morgan fingerprint density at radius 1 is 1.00 bits per heavy atom. The molecule has 0 saturated carbocycles. The highest BCUT2D eigenvalue weighted by Gasteiger charge is 2.22. The van der Waals surface area contributed by atoms with Gasteiger partial charge >= 0.3 is 0 Å². The van der Waals surface area contributed by atoms with Crippen molar-refractivity contribution in [2.24, 2.45) is 0 Å². The van der Waals surface area contributed by atoms with E-state index in [1.54, 1.807) is 30.3 Å². The van der Waals surface area contributed by atoms with E-state index in [4.69, 9.17) is 9.47 Å². The van der Waals surface area contributed by atoms with E-state index in [-0.39, 0.29) is 18.4 Å². The van der Waals surface area contributed by atoms with Crippen molar-refractivity contribution in [1.82, 2.24) is 0 Å². The summed E-state index contributed by atoms with van der Waals surface area (Å²) in [5.41, 5.74) is 2.79. The minimum atomic E-state index is -0.612. The quantitative estimate of drug-likeness (QED) is 0.897. The Morgan fingerprint density at radius 3 is 2.48 bits per heavy atom. The Morgan fingerprint density at radius 2 is 1.76 bits per heavy atom. The van der Waals surface area contributed by atoms with Crippen LogP contribution >= 0.6 is 0 Å². The third-order valence-electron chi connectivity index (χ3n) is 3.78. The van der Waals surface area contributed by atoms with Crippen LogP contribution in [0.5, 0.6) is 0 Å². The molecule has 3 rings (SSSR count). The number of benzene rings is 2. The molecule has 0 unspecified atom stereocenters. The average molecular weight is 340 g/mol. The first kappa shape index (κ1) is 17.1. The normalized spacial score (nSPS) is 16.9. The van der Waals surface area contributed by atoms with Gasteiger partial charge in [-0.3, -0.25) is 9.59 Å². The molecule has 130 valence electrons. The predicted octanol–water partition coefficient (Wildman–Crippen LogP) is 2.60. The van der Waals surface area contributed by atoms with Crippen molar-refractivity contribution in [1.29, 1.82) is 0 Å². The van der Waals surface area contributed by atoms with Gasteiger partial charge in [0.15, 0.2) is 6.10 Å². The first-order chi connectivity index (χ1) is 12.1. The molecular weight excluding hydrogens is 320 g/mol. The molecule has 25 heavy (non-hydrogen) atoms. The molecule has 1 aliphatic heterocycles. The van der Waals surface area contributed by atoms with Crippen LogP contribution in [0.3, 0.4) is 0 Å². The lowest BCUT2D eigenvalue weighted by atomic mass is 10.1. The largest absolute Gasteiger partial charge is 0.376 e. The molecule has 2 aromatic carbocycles. The maximum absolute atomic E-state index is 12.3. The molecular formula is C19H20N2O4. The zero-order valence-corrected chi connectivity index (χ0v) is 14.0. The summed E-state index contributed by atoms with van der Waals surface area (Å²) >= 11 is 0. The fraction of sp³-hybridized carbons (Fsp3) is 0.263. The lowest BCUT2D eigenvalue weighted by Gasteiger charge is -2.22. The molecule has 1 aliphatic rings. The Labute approximate surface area is 146 Å². The molecule has 2 N–H and O–H groups in total. The van der Waals surface area contributed by atoms with E-state index in [2.05, 4.69) is 10.6 Å². The summed E-state index contributed by atoms with van der Waals surface area (Å²) < 4.78 is 10.6. The molecule has 1 fully saturated rings. The van der Waals surface area contributed by atoms with Gasteiger partial charge in [0.05, 0.1) is 19.8 Å². The molecule has 2 aromatic rings. The van der Waals surface area contributed by atoms with E-state index in [0.717, 1.165) is 5.56 Å². The summed E-state index contributed by atoms with van der Waals surface area (Å²) in [5, 5.41) is 5.61. The number of rotatable bonds is 4. The predicted molar refractivity (Wildman–Crippen MR) is 94.8 cm³/mol. The summed E-state index contributed by atoms with van der Waals surface area (Å²) in [4.78, 5) is 24.5. The molecule has 0 spiro atoms. The molecule has 1 saturated heterocycles. The summed E-state index contributed by atoms with van der Waals surface area (Å²) in [6.07, 6.45) is -0.612. The van der Waals surface area contributed by atoms with Gasteiger partial charge in [-0.05, 0) is 37.3 Å². The van der Waals surface area contributed by atoms with E-state index >= 15 is 0 Å². The van der Waals surface area contributed by atoms with Gasteiger partial charge in [-0.15, -0.1) is 0 Å². The van der Waals surface area contributed by atoms with Crippen LogP contribution in [0.15, 0.2) is 48.5 Å². The van der Waals surface area contributed by atoms with Crippen molar-refractivity contribution in [2.75, 3.05) is 30.5 Å². The summed E-state index contributed by atoms with van der Waals surface area (Å²) in [6, 6.07) is 14.3. The molecule has 0 aromatic heterocycles. The van der Waals surface area contributed by atoms with Gasteiger partial charge in [0.2, 0.25) is 0 Å². The lowest BCUT2D eigenvalue weighted by Crippen LogP contribution is -2.39. The van der Waals surface area contributed by atoms with Crippen molar-refractivity contribution in [3.63, 3.8) is 0 Å². The van der Waals surface area contributed by atoms with E-state index in [1.165, 1.54) is 0 Å². The zero-order chi connectivity index (χ0) is 17.6. The Bertz CT molecular complexity index is 770. The fourth-order valence-corrected chi connectivity index (χ4v) is 2.53. The van der Waals surface area contributed by atoms with Crippen LogP contribution in [-0.4, -0.2) is 37.7 Å². The van der Waals surface area contributed by atoms with Crippen LogP contribution < -0.4 is 10.6 Å². The van der Waals surface area contributed by atoms with Crippen LogP contribution in [0.1, 0.15) is 15.9 Å². The second-order valence-electron chi connectivity index (χ2n) is 5.83. The SMILES string of the molecule is Cc1cccc(C(=O)Nc2cccc(NC(=O)[C@H]3COCCO3)c2)c1. The number of nitrogens with one attached hydrogen (secondary N) is 2. The minimum absolute atomic E-state index is 0.198. The van der Waals surface area contributed by atoms with Crippen LogP contribution in [0.25, 0.3) is 0 Å². The van der Waals surface area contributed by atoms with Crippen molar-refractivity contribution < 1.29 is 19.1 Å². The molecule has 0 bridgehead atoms. The van der Waals surface area contributed by atoms with Crippen LogP contribution in [0, 0.1) is 6.92 Å². The topological polar surface area (TPSA) is 76.7 Å². The Hall–Kier alpha value is -2.70. The van der Waals surface area contributed by atoms with E-state index < -0.39 is 6.10 Å². The third-order valence-corrected chi connectivity index (χ3v) is 3.78. The highest BCUT2D eigenvalue weighted by molar-refractivity contribution is 6.04. The third kappa shape index (κ3) is 4.65. The van der Waals surface area contributed by atoms with Crippen molar-refractivity contribution in [3.05, 3.63) is 59.7 Å². The highest BCUT2D eigenvalue weighted by atomic mass is 16.6. The number of hydrogen-bond acceptors (Lipinski definition) is 4. The van der Waals surface area contributed by atoms with Crippen LogP contribution in [0.2, 0.25) is 0 Å². The van der Waals surface area contributed by atoms with E-state index in [0.29, 0.717) is 30.2 Å². The van der Waals surface area contributed by atoms with Gasteiger partial charge < -0.3 is 20.1 Å². The fourth-order valence-electron chi connectivity index (χ4n) is 2.53. The van der Waals surface area contributed by atoms with Crippen molar-refractivity contribution in [2.45, 2.75) is 13.0 Å². The summed E-state index contributed by atoms with van der Waals surface area (Å²) in [7, 11) is 0. The first-order valence-corrected chi connectivity index (χ1v) is 8.10. The first-order valence-electron chi connectivity index (χ1n) is 8.10. The molecule has 0 aliphatic carbocycles.